The van der Waals surface area contributed by atoms with Crippen molar-refractivity contribution in [2.45, 2.75) is 43.2 Å². The second kappa shape index (κ2) is 7.71. The summed E-state index contributed by atoms with van der Waals surface area (Å²) in [6.45, 7) is 3.61. The molecular formula is C18H22F3N3O4S. The normalized spacial score (nSPS) is 28.2. The molecule has 11 heteroatoms. The maximum absolute atomic E-state index is 13.0. The number of rotatable bonds is 5. The summed E-state index contributed by atoms with van der Waals surface area (Å²) in [5.74, 6) is -0.981. The highest BCUT2D eigenvalue weighted by Crippen LogP contribution is 2.33. The number of hydrogen-bond donors (Lipinski definition) is 2. The Bertz CT molecular complexity index is 905. The molecule has 0 aromatic carbocycles. The van der Waals surface area contributed by atoms with Crippen LogP contribution in [0.1, 0.15) is 30.8 Å². The Morgan fingerprint density at radius 1 is 1.48 bits per heavy atom. The topological polar surface area (TPSA) is 95.6 Å². The molecule has 0 spiro atoms. The van der Waals surface area contributed by atoms with Crippen molar-refractivity contribution in [3.63, 3.8) is 0 Å². The molecule has 3 rings (SSSR count). The zero-order valence-corrected chi connectivity index (χ0v) is 16.9. The summed E-state index contributed by atoms with van der Waals surface area (Å²) in [6, 6.07) is 1.35. The van der Waals surface area contributed by atoms with Crippen LogP contribution in [0.3, 0.4) is 0 Å². The van der Waals surface area contributed by atoms with Crippen molar-refractivity contribution in [3.8, 4) is 0 Å². The molecule has 29 heavy (non-hydrogen) atoms. The van der Waals surface area contributed by atoms with Crippen molar-refractivity contribution in [1.29, 1.82) is 0 Å². The number of nitrogens with one attached hydrogen (secondary N) is 1. The van der Waals surface area contributed by atoms with Gasteiger partial charge in [-0.15, -0.1) is 0 Å². The summed E-state index contributed by atoms with van der Waals surface area (Å²) < 4.78 is 63.2. The van der Waals surface area contributed by atoms with Gasteiger partial charge >= 0.3 is 6.18 Å². The zero-order valence-electron chi connectivity index (χ0n) is 16.1. The lowest BCUT2D eigenvalue weighted by molar-refractivity contribution is -0.218. The zero-order chi connectivity index (χ0) is 21.6. The van der Waals surface area contributed by atoms with Gasteiger partial charge in [0.1, 0.15) is 5.69 Å². The Labute approximate surface area is 168 Å². The molecule has 1 amide bonds. The minimum atomic E-state index is -4.49. The van der Waals surface area contributed by atoms with Crippen LogP contribution in [0.4, 0.5) is 13.2 Å². The molecule has 1 aromatic rings. The molecule has 0 bridgehead atoms. The lowest BCUT2D eigenvalue weighted by Crippen LogP contribution is -2.63. The number of nitrogens with two attached hydrogens (primary N) is 1. The van der Waals surface area contributed by atoms with E-state index in [0.717, 1.165) is 12.2 Å². The summed E-state index contributed by atoms with van der Waals surface area (Å²) in [5.41, 5.74) is 4.63. The summed E-state index contributed by atoms with van der Waals surface area (Å²) in [6.07, 6.45) is -1.55. The number of aryl methyl sites for hydroxylation is 1. The molecule has 1 fully saturated rings. The lowest BCUT2D eigenvalue weighted by atomic mass is 9.95. The number of amides is 1. The van der Waals surface area contributed by atoms with Gasteiger partial charge in [-0.2, -0.15) is 13.2 Å². The predicted octanol–water partition coefficient (Wildman–Crippen LogP) is 2.28. The van der Waals surface area contributed by atoms with Crippen LogP contribution in [0.15, 0.2) is 40.6 Å². The van der Waals surface area contributed by atoms with Crippen molar-refractivity contribution in [1.82, 2.24) is 9.88 Å². The number of halogens is 3. The van der Waals surface area contributed by atoms with E-state index in [1.165, 1.54) is 16.8 Å². The van der Waals surface area contributed by atoms with Gasteiger partial charge in [0.25, 0.3) is 5.91 Å². The highest BCUT2D eigenvalue weighted by molar-refractivity contribution is 7.80. The fraction of sp³-hybridized carbons (Fsp3) is 0.500. The van der Waals surface area contributed by atoms with E-state index in [4.69, 9.17) is 14.7 Å². The average molecular weight is 433 g/mol. The van der Waals surface area contributed by atoms with Crippen molar-refractivity contribution < 1.29 is 31.1 Å². The first-order valence-electron chi connectivity index (χ1n) is 8.83. The van der Waals surface area contributed by atoms with Gasteiger partial charge in [0.15, 0.2) is 17.4 Å². The third-order valence-electron chi connectivity index (χ3n) is 4.60. The van der Waals surface area contributed by atoms with Crippen LogP contribution in [0.25, 0.3) is 0 Å². The van der Waals surface area contributed by atoms with E-state index in [1.807, 2.05) is 0 Å². The Hall–Kier alpha value is -1.95. The fourth-order valence-electron chi connectivity index (χ4n) is 3.02. The van der Waals surface area contributed by atoms with Crippen LogP contribution in [-0.4, -0.2) is 39.3 Å². The highest BCUT2D eigenvalue weighted by Gasteiger charge is 2.44. The maximum Gasteiger partial charge on any atom is 0.416 e. The number of aromatic nitrogens is 1. The molecule has 1 saturated heterocycles. The molecule has 7 nitrogen and oxygen atoms in total. The van der Waals surface area contributed by atoms with Gasteiger partial charge in [-0.3, -0.25) is 8.98 Å². The summed E-state index contributed by atoms with van der Waals surface area (Å²) >= 11 is -1.92. The Morgan fingerprint density at radius 3 is 2.72 bits per heavy atom. The van der Waals surface area contributed by atoms with E-state index in [0.29, 0.717) is 0 Å². The Morgan fingerprint density at radius 2 is 2.17 bits per heavy atom. The first-order valence-corrected chi connectivity index (χ1v) is 9.91. The van der Waals surface area contributed by atoms with Crippen LogP contribution in [0, 0.1) is 5.92 Å². The molecule has 2 aliphatic rings. The van der Waals surface area contributed by atoms with Gasteiger partial charge in [-0.25, -0.2) is 4.21 Å². The van der Waals surface area contributed by atoms with Crippen molar-refractivity contribution >= 4 is 17.0 Å². The molecule has 160 valence electrons. The van der Waals surface area contributed by atoms with Gasteiger partial charge in [-0.05, 0) is 31.4 Å². The van der Waals surface area contributed by atoms with E-state index in [9.17, 15) is 22.2 Å². The first-order chi connectivity index (χ1) is 13.4. The third-order valence-corrected chi connectivity index (χ3v) is 5.56. The van der Waals surface area contributed by atoms with Crippen LogP contribution < -0.4 is 11.1 Å². The minimum absolute atomic E-state index is 0.124. The highest BCUT2D eigenvalue weighted by atomic mass is 32.2. The van der Waals surface area contributed by atoms with Gasteiger partial charge < -0.3 is 20.4 Å². The maximum atomic E-state index is 13.0. The van der Waals surface area contributed by atoms with Gasteiger partial charge in [-0.1, -0.05) is 13.0 Å². The van der Waals surface area contributed by atoms with Gasteiger partial charge in [0.05, 0.1) is 22.6 Å². The second-order valence-electron chi connectivity index (χ2n) is 7.58. The molecule has 1 aliphatic carbocycles. The average Bonchev–Trinajstić information content (AvgIpc) is 2.99. The molecule has 1 aromatic heterocycles. The first kappa shape index (κ1) is 21.8. The smallest absolute Gasteiger partial charge is 0.347 e. The number of hydrogen-bond acceptors (Lipinski definition) is 5. The Balaban J connectivity index is 1.71. The van der Waals surface area contributed by atoms with Gasteiger partial charge in [0, 0.05) is 18.9 Å². The number of ether oxygens (including phenoxy) is 1. The van der Waals surface area contributed by atoms with Crippen LogP contribution in [-0.2, 0) is 27.0 Å². The fourth-order valence-corrected chi connectivity index (χ4v) is 4.02. The molecule has 0 radical (unpaired) electrons. The summed E-state index contributed by atoms with van der Waals surface area (Å²) in [4.78, 5) is 12.8. The SMILES string of the molecule is CC1C=C(C(F)(F)F)C=C(NC(=O)c2cc(S(=O)OC3OCC3(C)N)cn2C)C1. The number of alkyl halides is 3. The Kier molecular flexibility index (Phi) is 5.78. The van der Waals surface area contributed by atoms with Crippen molar-refractivity contribution in [2.75, 3.05) is 6.61 Å². The summed E-state index contributed by atoms with van der Waals surface area (Å²) in [7, 11) is 1.56. The van der Waals surface area contributed by atoms with Gasteiger partial charge in [0.2, 0.25) is 0 Å². The lowest BCUT2D eigenvalue weighted by Gasteiger charge is -2.41. The molecule has 3 N–H and O–H groups in total. The molecule has 2 heterocycles. The van der Waals surface area contributed by atoms with E-state index in [2.05, 4.69) is 5.32 Å². The molecule has 4 unspecified atom stereocenters. The van der Waals surface area contributed by atoms with E-state index < -0.39 is 40.6 Å². The van der Waals surface area contributed by atoms with E-state index in [1.54, 1.807) is 20.9 Å². The molecule has 1 aliphatic heterocycles. The standard InChI is InChI=1S/C18H22F3N3O4S/c1-10-4-11(18(19,20)21)6-12(5-10)23-15(25)14-7-13(8-24(14)3)29(26)28-16-17(2,22)9-27-16/h4,6-8,10,16H,5,9,22H2,1-3H3,(H,23,25). The van der Waals surface area contributed by atoms with Crippen molar-refractivity contribution in [2.24, 2.45) is 18.7 Å². The largest absolute Gasteiger partial charge is 0.416 e. The number of carbonyl (C=O) groups excluding carboxylic acids is 1. The van der Waals surface area contributed by atoms with E-state index in [-0.39, 0.29) is 35.2 Å². The molecular weight excluding hydrogens is 411 g/mol. The quantitative estimate of drug-likeness (QED) is 0.743. The number of allylic oxidation sites excluding steroid dienone is 4. The molecule has 0 saturated carbocycles. The summed E-state index contributed by atoms with van der Waals surface area (Å²) in [5, 5.41) is 2.51. The number of nitrogens with zero attached hydrogens (tertiary/aromatic N) is 1. The third kappa shape index (κ3) is 4.80. The van der Waals surface area contributed by atoms with Crippen LogP contribution in [0.5, 0.6) is 0 Å². The predicted molar refractivity (Wildman–Crippen MR) is 98.7 cm³/mol. The number of carbonyl (C=O) groups is 1. The van der Waals surface area contributed by atoms with Crippen LogP contribution >= 0.6 is 0 Å². The van der Waals surface area contributed by atoms with E-state index >= 15 is 0 Å². The van der Waals surface area contributed by atoms with Crippen LogP contribution in [0.2, 0.25) is 0 Å². The second-order valence-corrected chi connectivity index (χ2v) is 8.71. The van der Waals surface area contributed by atoms with Crippen molar-refractivity contribution in [3.05, 3.63) is 41.4 Å². The minimum Gasteiger partial charge on any atom is -0.347 e. The molecule has 4 atom stereocenters. The monoisotopic (exact) mass is 433 g/mol.